The first-order valence-electron chi connectivity index (χ1n) is 9.13. The SMILES string of the molecule is CCCc1noc2nc(C3CC3)cc(C(=O)NCC3CNCC3O)c12.Cl. The Bertz CT molecular complexity index is 790. The van der Waals surface area contributed by atoms with Gasteiger partial charge < -0.3 is 20.3 Å². The molecular formula is C18H25ClN4O3. The molecule has 1 aliphatic carbocycles. The van der Waals surface area contributed by atoms with Gasteiger partial charge in [0, 0.05) is 37.2 Å². The summed E-state index contributed by atoms with van der Waals surface area (Å²) in [4.78, 5) is 17.4. The van der Waals surface area contributed by atoms with Crippen LogP contribution < -0.4 is 10.6 Å². The highest BCUT2D eigenvalue weighted by Gasteiger charge is 2.30. The summed E-state index contributed by atoms with van der Waals surface area (Å²) in [6.07, 6.45) is 3.48. The van der Waals surface area contributed by atoms with E-state index < -0.39 is 6.10 Å². The number of fused-ring (bicyclic) bond motifs is 1. The summed E-state index contributed by atoms with van der Waals surface area (Å²) in [5, 5.41) is 20.9. The number of aliphatic hydroxyl groups excluding tert-OH is 1. The summed E-state index contributed by atoms with van der Waals surface area (Å²) < 4.78 is 5.41. The lowest BCUT2D eigenvalue weighted by Gasteiger charge is -2.14. The summed E-state index contributed by atoms with van der Waals surface area (Å²) >= 11 is 0. The zero-order valence-corrected chi connectivity index (χ0v) is 15.6. The number of amides is 1. The van der Waals surface area contributed by atoms with Crippen molar-refractivity contribution >= 4 is 29.4 Å². The Labute approximate surface area is 158 Å². The van der Waals surface area contributed by atoms with Crippen molar-refractivity contribution < 1.29 is 14.4 Å². The van der Waals surface area contributed by atoms with Crippen LogP contribution in [0.2, 0.25) is 0 Å². The first-order valence-corrected chi connectivity index (χ1v) is 9.13. The zero-order chi connectivity index (χ0) is 17.4. The molecule has 1 amide bonds. The van der Waals surface area contributed by atoms with Gasteiger partial charge in [-0.05, 0) is 25.3 Å². The Morgan fingerprint density at radius 3 is 2.88 bits per heavy atom. The minimum Gasteiger partial charge on any atom is -0.391 e. The topological polar surface area (TPSA) is 100 Å². The number of β-amino-alcohol motifs (C(OH)–C–C–N with tert-alkyl or cyclic N) is 1. The highest BCUT2D eigenvalue weighted by atomic mass is 35.5. The molecule has 4 rings (SSSR count). The van der Waals surface area contributed by atoms with Gasteiger partial charge in [-0.2, -0.15) is 0 Å². The molecule has 26 heavy (non-hydrogen) atoms. The summed E-state index contributed by atoms with van der Waals surface area (Å²) in [7, 11) is 0. The lowest BCUT2D eigenvalue weighted by Crippen LogP contribution is -2.34. The van der Waals surface area contributed by atoms with Gasteiger partial charge in [0.2, 0.25) is 0 Å². The highest BCUT2D eigenvalue weighted by Crippen LogP contribution is 2.40. The summed E-state index contributed by atoms with van der Waals surface area (Å²) in [5.74, 6) is 0.326. The number of carbonyl (C=O) groups is 1. The Morgan fingerprint density at radius 1 is 1.42 bits per heavy atom. The number of aryl methyl sites for hydroxylation is 1. The van der Waals surface area contributed by atoms with Crippen LogP contribution in [0.4, 0.5) is 0 Å². The predicted molar refractivity (Wildman–Crippen MR) is 99.7 cm³/mol. The third kappa shape index (κ3) is 3.70. The van der Waals surface area contributed by atoms with Gasteiger partial charge in [-0.1, -0.05) is 18.5 Å². The lowest BCUT2D eigenvalue weighted by molar-refractivity contribution is 0.0928. The Balaban J connectivity index is 0.00000196. The van der Waals surface area contributed by atoms with E-state index in [-0.39, 0.29) is 24.2 Å². The zero-order valence-electron chi connectivity index (χ0n) is 14.8. The molecular weight excluding hydrogens is 356 g/mol. The maximum absolute atomic E-state index is 12.9. The van der Waals surface area contributed by atoms with Crippen molar-refractivity contribution in [1.82, 2.24) is 20.8 Å². The maximum Gasteiger partial charge on any atom is 0.259 e. The van der Waals surface area contributed by atoms with E-state index in [0.717, 1.165) is 49.0 Å². The van der Waals surface area contributed by atoms with Gasteiger partial charge in [-0.3, -0.25) is 4.79 Å². The van der Waals surface area contributed by atoms with Gasteiger partial charge >= 0.3 is 0 Å². The molecule has 7 nitrogen and oxygen atoms in total. The second-order valence-electron chi connectivity index (χ2n) is 7.12. The second-order valence-corrected chi connectivity index (χ2v) is 7.12. The Hall–Kier alpha value is -1.70. The minimum absolute atomic E-state index is 0. The molecule has 0 spiro atoms. The molecule has 1 saturated carbocycles. The molecule has 2 aromatic heterocycles. The van der Waals surface area contributed by atoms with Crippen molar-refractivity contribution in [2.24, 2.45) is 5.92 Å². The van der Waals surface area contributed by atoms with Crippen LogP contribution >= 0.6 is 12.4 Å². The van der Waals surface area contributed by atoms with Crippen LogP contribution in [0.5, 0.6) is 0 Å². The number of pyridine rings is 1. The molecule has 0 aromatic carbocycles. The van der Waals surface area contributed by atoms with Crippen molar-refractivity contribution in [3.63, 3.8) is 0 Å². The molecule has 0 bridgehead atoms. The number of hydrogen-bond donors (Lipinski definition) is 3. The lowest BCUT2D eigenvalue weighted by atomic mass is 10.0. The molecule has 0 radical (unpaired) electrons. The minimum atomic E-state index is -0.411. The number of aliphatic hydroxyl groups is 1. The number of nitrogens with one attached hydrogen (secondary N) is 2. The number of aromatic nitrogens is 2. The first kappa shape index (κ1) is 19.1. The van der Waals surface area contributed by atoms with Gasteiger partial charge in [-0.25, -0.2) is 4.98 Å². The normalized spacial score (nSPS) is 22.4. The van der Waals surface area contributed by atoms with E-state index in [9.17, 15) is 9.90 Å². The van der Waals surface area contributed by atoms with E-state index in [4.69, 9.17) is 4.52 Å². The fraction of sp³-hybridized carbons (Fsp3) is 0.611. The van der Waals surface area contributed by atoms with E-state index in [1.807, 2.05) is 6.07 Å². The highest BCUT2D eigenvalue weighted by molar-refractivity contribution is 6.06. The van der Waals surface area contributed by atoms with Crippen molar-refractivity contribution in [3.05, 3.63) is 23.0 Å². The summed E-state index contributed by atoms with van der Waals surface area (Å²) in [6, 6.07) is 1.90. The van der Waals surface area contributed by atoms with Crippen LogP contribution in [0.3, 0.4) is 0 Å². The van der Waals surface area contributed by atoms with Gasteiger partial charge in [0.05, 0.1) is 22.7 Å². The molecule has 2 aliphatic rings. The predicted octanol–water partition coefficient (Wildman–Crippen LogP) is 1.78. The average molecular weight is 381 g/mol. The van der Waals surface area contributed by atoms with Crippen LogP contribution in [0.25, 0.3) is 11.1 Å². The number of hydrogen-bond acceptors (Lipinski definition) is 6. The molecule has 3 heterocycles. The number of carbonyl (C=O) groups excluding carboxylic acids is 1. The van der Waals surface area contributed by atoms with Crippen molar-refractivity contribution in [1.29, 1.82) is 0 Å². The molecule has 142 valence electrons. The van der Waals surface area contributed by atoms with E-state index in [1.54, 1.807) is 0 Å². The van der Waals surface area contributed by atoms with Crippen molar-refractivity contribution in [2.75, 3.05) is 19.6 Å². The van der Waals surface area contributed by atoms with Gasteiger partial charge in [0.1, 0.15) is 0 Å². The van der Waals surface area contributed by atoms with E-state index in [2.05, 4.69) is 27.7 Å². The van der Waals surface area contributed by atoms with E-state index >= 15 is 0 Å². The molecule has 2 aromatic rings. The molecule has 1 aliphatic heterocycles. The first-order chi connectivity index (χ1) is 12.2. The van der Waals surface area contributed by atoms with Crippen molar-refractivity contribution in [3.8, 4) is 0 Å². The molecule has 2 atom stereocenters. The van der Waals surface area contributed by atoms with Crippen LogP contribution in [-0.2, 0) is 6.42 Å². The maximum atomic E-state index is 12.9. The average Bonchev–Trinajstić information content (AvgIpc) is 3.27. The van der Waals surface area contributed by atoms with E-state index in [1.165, 1.54) is 0 Å². The third-order valence-electron chi connectivity index (χ3n) is 5.09. The fourth-order valence-electron chi connectivity index (χ4n) is 3.45. The van der Waals surface area contributed by atoms with E-state index in [0.29, 0.717) is 30.3 Å². The number of nitrogens with zero attached hydrogens (tertiary/aromatic N) is 2. The standard InChI is InChI=1S/C18H24N4O3.ClH/c1-2-3-13-16-12(17(24)20-8-11-7-19-9-15(11)23)6-14(10-4-5-10)21-18(16)25-22-13;/h6,10-11,15,19,23H,2-5,7-9H2,1H3,(H,20,24);1H. The van der Waals surface area contributed by atoms with Gasteiger partial charge in [0.25, 0.3) is 11.6 Å². The third-order valence-corrected chi connectivity index (χ3v) is 5.09. The molecule has 2 unspecified atom stereocenters. The molecule has 8 heteroatoms. The van der Waals surface area contributed by atoms with Gasteiger partial charge in [0.15, 0.2) is 0 Å². The molecule has 2 fully saturated rings. The summed E-state index contributed by atoms with van der Waals surface area (Å²) in [6.45, 7) is 3.82. The van der Waals surface area contributed by atoms with Crippen molar-refractivity contribution in [2.45, 2.75) is 44.6 Å². The van der Waals surface area contributed by atoms with Crippen LogP contribution in [0, 0.1) is 5.92 Å². The second kappa shape index (κ2) is 7.90. The Kier molecular flexibility index (Phi) is 5.79. The monoisotopic (exact) mass is 380 g/mol. The summed E-state index contributed by atoms with van der Waals surface area (Å²) in [5.41, 5.74) is 2.76. The smallest absolute Gasteiger partial charge is 0.259 e. The molecule has 1 saturated heterocycles. The van der Waals surface area contributed by atoms with Crippen LogP contribution in [0.15, 0.2) is 10.6 Å². The van der Waals surface area contributed by atoms with Crippen LogP contribution in [0.1, 0.15) is 53.8 Å². The van der Waals surface area contributed by atoms with Gasteiger partial charge in [-0.15, -0.1) is 12.4 Å². The number of halogens is 1. The Morgan fingerprint density at radius 2 is 2.23 bits per heavy atom. The molecule has 3 N–H and O–H groups in total. The van der Waals surface area contributed by atoms with Crippen LogP contribution in [-0.4, -0.2) is 46.9 Å². The fourth-order valence-corrected chi connectivity index (χ4v) is 3.45. The quantitative estimate of drug-likeness (QED) is 0.706. The number of rotatable bonds is 6. The largest absolute Gasteiger partial charge is 0.391 e.